The van der Waals surface area contributed by atoms with Gasteiger partial charge < -0.3 is 16.0 Å². The first-order chi connectivity index (χ1) is 18.9. The van der Waals surface area contributed by atoms with Gasteiger partial charge in [-0.2, -0.15) is 0 Å². The molecule has 9 heteroatoms. The lowest BCUT2D eigenvalue weighted by Gasteiger charge is -2.12. The molecule has 0 unspecified atom stereocenters. The van der Waals surface area contributed by atoms with Gasteiger partial charge in [0.1, 0.15) is 5.70 Å². The van der Waals surface area contributed by atoms with E-state index in [0.29, 0.717) is 27.5 Å². The van der Waals surface area contributed by atoms with Crippen molar-refractivity contribution in [2.75, 3.05) is 16.4 Å². The van der Waals surface area contributed by atoms with Gasteiger partial charge in [0.25, 0.3) is 11.8 Å². The predicted molar refractivity (Wildman–Crippen MR) is 157 cm³/mol. The fourth-order valence-electron chi connectivity index (χ4n) is 3.48. The molecule has 1 aromatic heterocycles. The van der Waals surface area contributed by atoms with Gasteiger partial charge >= 0.3 is 0 Å². The summed E-state index contributed by atoms with van der Waals surface area (Å²) in [7, 11) is 0. The van der Waals surface area contributed by atoms with Crippen molar-refractivity contribution in [3.05, 3.63) is 125 Å². The molecule has 0 aliphatic rings. The molecule has 196 valence electrons. The average Bonchev–Trinajstić information content (AvgIpc) is 2.96. The van der Waals surface area contributed by atoms with Crippen LogP contribution < -0.4 is 16.0 Å². The Morgan fingerprint density at radius 1 is 0.897 bits per heavy atom. The number of halogens is 1. The summed E-state index contributed by atoms with van der Waals surface area (Å²) < 4.78 is 0. The molecule has 0 saturated carbocycles. The zero-order valence-electron chi connectivity index (χ0n) is 21.0. The number of nitrogens with one attached hydrogen (secondary N) is 3. The first-order valence-electron chi connectivity index (χ1n) is 12.0. The van der Waals surface area contributed by atoms with Crippen LogP contribution in [0.2, 0.25) is 5.02 Å². The molecule has 0 radical (unpaired) electrons. The average molecular weight is 557 g/mol. The minimum atomic E-state index is -0.486. The smallest absolute Gasteiger partial charge is 0.272 e. The molecule has 3 aromatic carbocycles. The van der Waals surface area contributed by atoms with Gasteiger partial charge in [-0.15, -0.1) is 11.8 Å². The van der Waals surface area contributed by atoms with Crippen LogP contribution in [-0.4, -0.2) is 28.5 Å². The van der Waals surface area contributed by atoms with Gasteiger partial charge in [0.05, 0.1) is 5.75 Å². The van der Waals surface area contributed by atoms with Crippen LogP contribution in [0.15, 0.2) is 108 Å². The molecule has 3 N–H and O–H groups in total. The zero-order valence-corrected chi connectivity index (χ0v) is 22.6. The Kier molecular flexibility index (Phi) is 9.50. The molecular weight excluding hydrogens is 532 g/mol. The summed E-state index contributed by atoms with van der Waals surface area (Å²) in [6.07, 6.45) is 4.78. The van der Waals surface area contributed by atoms with E-state index in [4.69, 9.17) is 11.6 Å². The summed E-state index contributed by atoms with van der Waals surface area (Å²) >= 11 is 7.49. The quantitative estimate of drug-likeness (QED) is 0.169. The largest absolute Gasteiger partial charge is 0.325 e. The Hall–Kier alpha value is -4.40. The van der Waals surface area contributed by atoms with Crippen LogP contribution in [-0.2, 0) is 9.59 Å². The first kappa shape index (κ1) is 27.6. The lowest BCUT2D eigenvalue weighted by molar-refractivity contribution is -0.114. The molecule has 4 aromatic rings. The molecule has 4 rings (SSSR count). The van der Waals surface area contributed by atoms with Gasteiger partial charge in [-0.3, -0.25) is 19.4 Å². The lowest BCUT2D eigenvalue weighted by atomic mass is 10.2. The Balaban J connectivity index is 1.39. The standard InChI is InChI=1S/C30H25ClN4O3S/c1-20-25(31)10-5-11-26(20)34-28(36)19-39-24-14-12-23(13-15-24)33-30(38)27(17-21-7-6-16-32-18-21)35-29(37)22-8-3-2-4-9-22/h2-18H,19H2,1H3,(H,33,38)(H,34,36)(H,35,37)/b27-17-. The first-order valence-corrected chi connectivity index (χ1v) is 13.3. The highest BCUT2D eigenvalue weighted by atomic mass is 35.5. The molecule has 0 aliphatic heterocycles. The third-order valence-electron chi connectivity index (χ3n) is 5.55. The van der Waals surface area contributed by atoms with E-state index in [1.807, 2.05) is 25.1 Å². The van der Waals surface area contributed by atoms with Crippen molar-refractivity contribution >= 4 is 58.5 Å². The van der Waals surface area contributed by atoms with Gasteiger partial charge in [0, 0.05) is 39.3 Å². The zero-order chi connectivity index (χ0) is 27.6. The number of anilines is 2. The normalized spacial score (nSPS) is 11.0. The van der Waals surface area contributed by atoms with Gasteiger partial charge in [-0.1, -0.05) is 41.9 Å². The number of benzene rings is 3. The summed E-state index contributed by atoms with van der Waals surface area (Å²) in [6, 6.07) is 24.6. The van der Waals surface area contributed by atoms with E-state index in [0.717, 1.165) is 10.5 Å². The highest BCUT2D eigenvalue weighted by molar-refractivity contribution is 8.00. The topological polar surface area (TPSA) is 100 Å². The van der Waals surface area contributed by atoms with E-state index in [1.54, 1.807) is 85.2 Å². The third-order valence-corrected chi connectivity index (χ3v) is 6.97. The molecule has 39 heavy (non-hydrogen) atoms. The minimum absolute atomic E-state index is 0.0725. The number of rotatable bonds is 9. The molecule has 0 aliphatic carbocycles. The van der Waals surface area contributed by atoms with Gasteiger partial charge in [-0.05, 0) is 78.7 Å². The van der Waals surface area contributed by atoms with Crippen molar-refractivity contribution in [2.45, 2.75) is 11.8 Å². The number of aromatic nitrogens is 1. The van der Waals surface area contributed by atoms with Crippen molar-refractivity contribution in [3.63, 3.8) is 0 Å². The summed E-state index contributed by atoms with van der Waals surface area (Å²) in [5.74, 6) is -0.831. The number of pyridine rings is 1. The van der Waals surface area contributed by atoms with Crippen molar-refractivity contribution in [1.82, 2.24) is 10.3 Å². The van der Waals surface area contributed by atoms with Gasteiger partial charge in [-0.25, -0.2) is 0 Å². The van der Waals surface area contributed by atoms with E-state index in [1.165, 1.54) is 11.8 Å². The van der Waals surface area contributed by atoms with Gasteiger partial charge in [0.15, 0.2) is 0 Å². The fraction of sp³-hybridized carbons (Fsp3) is 0.0667. The molecular formula is C30H25ClN4O3S. The molecule has 0 saturated heterocycles. The number of thioether (sulfide) groups is 1. The van der Waals surface area contributed by atoms with Crippen molar-refractivity contribution in [2.24, 2.45) is 0 Å². The van der Waals surface area contributed by atoms with Crippen LogP contribution in [0.1, 0.15) is 21.5 Å². The Labute approximate surface area is 235 Å². The number of amides is 3. The van der Waals surface area contributed by atoms with Crippen LogP contribution in [0.25, 0.3) is 6.08 Å². The number of hydrogen-bond acceptors (Lipinski definition) is 5. The summed E-state index contributed by atoms with van der Waals surface area (Å²) in [5, 5.41) is 8.98. The Morgan fingerprint density at radius 2 is 1.67 bits per heavy atom. The highest BCUT2D eigenvalue weighted by Crippen LogP contribution is 2.24. The molecule has 0 atom stereocenters. The molecule has 1 heterocycles. The minimum Gasteiger partial charge on any atom is -0.325 e. The maximum absolute atomic E-state index is 13.1. The van der Waals surface area contributed by atoms with Crippen LogP contribution >= 0.6 is 23.4 Å². The van der Waals surface area contributed by atoms with Crippen LogP contribution in [0, 0.1) is 6.92 Å². The fourth-order valence-corrected chi connectivity index (χ4v) is 4.35. The molecule has 7 nitrogen and oxygen atoms in total. The SMILES string of the molecule is Cc1c(Cl)cccc1NC(=O)CSc1ccc(NC(=O)/C(=C/c2cccnc2)NC(=O)c2ccccc2)cc1. The van der Waals surface area contributed by atoms with E-state index >= 15 is 0 Å². The monoisotopic (exact) mass is 556 g/mol. The maximum Gasteiger partial charge on any atom is 0.272 e. The maximum atomic E-state index is 13.1. The van der Waals surface area contributed by atoms with Crippen LogP contribution in [0.4, 0.5) is 11.4 Å². The van der Waals surface area contributed by atoms with Gasteiger partial charge in [0.2, 0.25) is 5.91 Å². The van der Waals surface area contributed by atoms with Crippen molar-refractivity contribution < 1.29 is 14.4 Å². The van der Waals surface area contributed by atoms with E-state index in [9.17, 15) is 14.4 Å². The number of hydrogen-bond donors (Lipinski definition) is 3. The second-order valence-corrected chi connectivity index (χ2v) is 9.85. The summed E-state index contributed by atoms with van der Waals surface area (Å²) in [4.78, 5) is 43.2. The van der Waals surface area contributed by atoms with Crippen molar-refractivity contribution in [3.8, 4) is 0 Å². The van der Waals surface area contributed by atoms with Crippen LogP contribution in [0.3, 0.4) is 0 Å². The van der Waals surface area contributed by atoms with E-state index in [2.05, 4.69) is 20.9 Å². The molecule has 0 bridgehead atoms. The van der Waals surface area contributed by atoms with E-state index < -0.39 is 11.8 Å². The Bertz CT molecular complexity index is 1490. The summed E-state index contributed by atoms with van der Waals surface area (Å²) in [6.45, 7) is 1.85. The van der Waals surface area contributed by atoms with Crippen molar-refractivity contribution in [1.29, 1.82) is 0 Å². The third kappa shape index (κ3) is 8.04. The van der Waals surface area contributed by atoms with E-state index in [-0.39, 0.29) is 17.4 Å². The molecule has 0 fully saturated rings. The number of nitrogens with zero attached hydrogens (tertiary/aromatic N) is 1. The second-order valence-electron chi connectivity index (χ2n) is 8.39. The predicted octanol–water partition coefficient (Wildman–Crippen LogP) is 6.18. The molecule has 0 spiro atoms. The van der Waals surface area contributed by atoms with Crippen LogP contribution in [0.5, 0.6) is 0 Å². The number of carbonyl (C=O) groups is 3. The second kappa shape index (κ2) is 13.4. The highest BCUT2D eigenvalue weighted by Gasteiger charge is 2.15. The summed E-state index contributed by atoms with van der Waals surface area (Å²) in [5.41, 5.74) is 3.19. The lowest BCUT2D eigenvalue weighted by Crippen LogP contribution is -2.30. The molecule has 3 amide bonds. The Morgan fingerprint density at radius 3 is 2.38 bits per heavy atom. The number of carbonyl (C=O) groups excluding carboxylic acids is 3.